The van der Waals surface area contributed by atoms with Crippen molar-refractivity contribution < 1.29 is 9.47 Å². The summed E-state index contributed by atoms with van der Waals surface area (Å²) in [6.07, 6.45) is 0. The van der Waals surface area contributed by atoms with Crippen LogP contribution in [0.1, 0.15) is 23.2 Å². The fraction of sp³-hybridized carbons (Fsp3) is 0.316. The van der Waals surface area contributed by atoms with Gasteiger partial charge in [-0.05, 0) is 35.4 Å². The van der Waals surface area contributed by atoms with Crippen molar-refractivity contribution in [2.45, 2.75) is 12.1 Å². The van der Waals surface area contributed by atoms with Crippen molar-refractivity contribution in [2.24, 2.45) is 4.99 Å². The Morgan fingerprint density at radius 1 is 0.917 bits per heavy atom. The molecule has 2 heterocycles. The number of thioether (sulfide) groups is 1. The standard InChI is InChI=1S/C19H20N2O2S/c1-22-15-7-3-13(4-8-15)17-18(21-11-12-24-19(21)20-17)14-5-9-16(23-2)10-6-14/h3-10,17-18H,11-12H2,1-2H3. The number of amidine groups is 1. The number of hydrogen-bond acceptors (Lipinski definition) is 5. The molecule has 0 saturated carbocycles. The van der Waals surface area contributed by atoms with Gasteiger partial charge in [0.1, 0.15) is 17.5 Å². The summed E-state index contributed by atoms with van der Waals surface area (Å²) in [4.78, 5) is 7.44. The molecule has 0 bridgehead atoms. The molecule has 124 valence electrons. The molecule has 0 N–H and O–H groups in total. The Kier molecular flexibility index (Phi) is 4.10. The Labute approximate surface area is 146 Å². The van der Waals surface area contributed by atoms with Crippen LogP contribution < -0.4 is 9.47 Å². The third kappa shape index (κ3) is 2.63. The van der Waals surface area contributed by atoms with Gasteiger partial charge in [-0.1, -0.05) is 36.0 Å². The number of aliphatic imine (C=N–C) groups is 1. The van der Waals surface area contributed by atoms with Crippen molar-refractivity contribution >= 4 is 16.9 Å². The van der Waals surface area contributed by atoms with Crippen LogP contribution in [0, 0.1) is 0 Å². The van der Waals surface area contributed by atoms with Crippen LogP contribution in [0.5, 0.6) is 11.5 Å². The normalized spacial score (nSPS) is 22.2. The first kappa shape index (κ1) is 15.4. The van der Waals surface area contributed by atoms with E-state index in [-0.39, 0.29) is 12.1 Å². The molecule has 4 rings (SSSR count). The minimum atomic E-state index is 0.118. The quantitative estimate of drug-likeness (QED) is 0.845. The molecule has 4 nitrogen and oxygen atoms in total. The lowest BCUT2D eigenvalue weighted by Gasteiger charge is -2.27. The number of hydrogen-bond donors (Lipinski definition) is 0. The fourth-order valence-corrected chi connectivity index (χ4v) is 4.39. The molecule has 2 aliphatic heterocycles. The molecular weight excluding hydrogens is 320 g/mol. The summed E-state index contributed by atoms with van der Waals surface area (Å²) in [5, 5.41) is 1.16. The second-order valence-corrected chi connectivity index (χ2v) is 6.95. The maximum atomic E-state index is 5.30. The number of ether oxygens (including phenoxy) is 2. The molecule has 1 fully saturated rings. The van der Waals surface area contributed by atoms with Crippen molar-refractivity contribution in [3.63, 3.8) is 0 Å². The van der Waals surface area contributed by atoms with E-state index in [1.54, 1.807) is 14.2 Å². The second kappa shape index (κ2) is 6.40. The van der Waals surface area contributed by atoms with Crippen LogP contribution in [-0.4, -0.2) is 36.6 Å². The Morgan fingerprint density at radius 3 is 2.08 bits per heavy atom. The molecule has 0 amide bonds. The Balaban J connectivity index is 1.70. The SMILES string of the molecule is COc1ccc(C2N=C3SCCN3C2c2ccc(OC)cc2)cc1. The summed E-state index contributed by atoms with van der Waals surface area (Å²) >= 11 is 1.85. The van der Waals surface area contributed by atoms with Gasteiger partial charge in [0.2, 0.25) is 0 Å². The van der Waals surface area contributed by atoms with E-state index in [1.807, 2.05) is 36.0 Å². The van der Waals surface area contributed by atoms with Gasteiger partial charge in [0, 0.05) is 12.3 Å². The van der Waals surface area contributed by atoms with Gasteiger partial charge in [-0.25, -0.2) is 0 Å². The molecule has 5 heteroatoms. The third-order valence-electron chi connectivity index (χ3n) is 4.61. The summed E-state index contributed by atoms with van der Waals surface area (Å²) in [7, 11) is 3.39. The van der Waals surface area contributed by atoms with E-state index in [0.717, 1.165) is 29.0 Å². The van der Waals surface area contributed by atoms with Crippen molar-refractivity contribution in [1.29, 1.82) is 0 Å². The molecular formula is C19H20N2O2S. The first-order valence-electron chi connectivity index (χ1n) is 8.05. The highest BCUT2D eigenvalue weighted by molar-refractivity contribution is 8.14. The number of fused-ring (bicyclic) bond motifs is 1. The predicted molar refractivity (Wildman–Crippen MR) is 98.1 cm³/mol. The van der Waals surface area contributed by atoms with Gasteiger partial charge < -0.3 is 14.4 Å². The molecule has 2 aromatic rings. The lowest BCUT2D eigenvalue weighted by molar-refractivity contribution is 0.334. The average molecular weight is 340 g/mol. The number of benzene rings is 2. The highest BCUT2D eigenvalue weighted by atomic mass is 32.2. The van der Waals surface area contributed by atoms with Gasteiger partial charge in [0.25, 0.3) is 0 Å². The molecule has 1 saturated heterocycles. The Bertz CT molecular complexity index is 743. The maximum Gasteiger partial charge on any atom is 0.160 e. The molecule has 0 spiro atoms. The molecule has 2 atom stereocenters. The summed E-state index contributed by atoms with van der Waals surface area (Å²) in [6.45, 7) is 1.05. The van der Waals surface area contributed by atoms with Crippen LogP contribution in [0.25, 0.3) is 0 Å². The molecule has 2 unspecified atom stereocenters. The molecule has 2 aliphatic rings. The van der Waals surface area contributed by atoms with Crippen molar-refractivity contribution in [2.75, 3.05) is 26.5 Å². The third-order valence-corrected chi connectivity index (χ3v) is 5.59. The van der Waals surface area contributed by atoms with Crippen LogP contribution in [-0.2, 0) is 0 Å². The largest absolute Gasteiger partial charge is 0.497 e. The lowest BCUT2D eigenvalue weighted by Crippen LogP contribution is -2.27. The zero-order valence-corrected chi connectivity index (χ0v) is 14.6. The first-order valence-corrected chi connectivity index (χ1v) is 9.04. The summed E-state index contributed by atoms with van der Waals surface area (Å²) in [6, 6.07) is 17.0. The topological polar surface area (TPSA) is 34.1 Å². The molecule has 24 heavy (non-hydrogen) atoms. The smallest absolute Gasteiger partial charge is 0.160 e. The van der Waals surface area contributed by atoms with Crippen LogP contribution in [0.15, 0.2) is 53.5 Å². The fourth-order valence-electron chi connectivity index (χ4n) is 3.36. The van der Waals surface area contributed by atoms with E-state index in [9.17, 15) is 0 Å². The minimum absolute atomic E-state index is 0.118. The number of nitrogens with zero attached hydrogens (tertiary/aromatic N) is 2. The van der Waals surface area contributed by atoms with E-state index in [1.165, 1.54) is 11.1 Å². The Hall–Kier alpha value is -2.14. The van der Waals surface area contributed by atoms with Crippen LogP contribution >= 0.6 is 11.8 Å². The summed E-state index contributed by atoms with van der Waals surface area (Å²) in [5.74, 6) is 2.87. The van der Waals surface area contributed by atoms with Crippen molar-refractivity contribution in [3.8, 4) is 11.5 Å². The highest BCUT2D eigenvalue weighted by Crippen LogP contribution is 2.46. The summed E-state index contributed by atoms with van der Waals surface area (Å²) < 4.78 is 10.6. The van der Waals surface area contributed by atoms with Gasteiger partial charge >= 0.3 is 0 Å². The van der Waals surface area contributed by atoms with Crippen LogP contribution in [0.3, 0.4) is 0 Å². The minimum Gasteiger partial charge on any atom is -0.497 e. The van der Waals surface area contributed by atoms with Crippen LogP contribution in [0.4, 0.5) is 0 Å². The number of rotatable bonds is 4. The van der Waals surface area contributed by atoms with Gasteiger partial charge in [-0.2, -0.15) is 0 Å². The predicted octanol–water partition coefficient (Wildman–Crippen LogP) is 3.90. The lowest BCUT2D eigenvalue weighted by atomic mass is 9.93. The Morgan fingerprint density at radius 2 is 1.50 bits per heavy atom. The highest BCUT2D eigenvalue weighted by Gasteiger charge is 2.40. The van der Waals surface area contributed by atoms with E-state index < -0.39 is 0 Å². The van der Waals surface area contributed by atoms with Crippen LogP contribution in [0.2, 0.25) is 0 Å². The first-order chi connectivity index (χ1) is 11.8. The van der Waals surface area contributed by atoms with Gasteiger partial charge in [-0.3, -0.25) is 4.99 Å². The van der Waals surface area contributed by atoms with Crippen molar-refractivity contribution in [1.82, 2.24) is 4.90 Å². The molecule has 0 aliphatic carbocycles. The number of methoxy groups -OCH3 is 2. The second-order valence-electron chi connectivity index (χ2n) is 5.89. The van der Waals surface area contributed by atoms with E-state index >= 15 is 0 Å². The van der Waals surface area contributed by atoms with E-state index in [0.29, 0.717) is 0 Å². The average Bonchev–Trinajstić information content (AvgIpc) is 3.23. The van der Waals surface area contributed by atoms with Crippen molar-refractivity contribution in [3.05, 3.63) is 59.7 Å². The van der Waals surface area contributed by atoms with E-state index in [4.69, 9.17) is 14.5 Å². The molecule has 2 aromatic carbocycles. The van der Waals surface area contributed by atoms with E-state index in [2.05, 4.69) is 29.2 Å². The molecule has 0 radical (unpaired) electrons. The summed E-state index contributed by atoms with van der Waals surface area (Å²) in [5.41, 5.74) is 2.50. The van der Waals surface area contributed by atoms with Gasteiger partial charge in [-0.15, -0.1) is 0 Å². The monoisotopic (exact) mass is 340 g/mol. The molecule has 0 aromatic heterocycles. The zero-order chi connectivity index (χ0) is 16.5. The van der Waals surface area contributed by atoms with Gasteiger partial charge in [0.05, 0.1) is 20.3 Å². The zero-order valence-electron chi connectivity index (χ0n) is 13.8. The van der Waals surface area contributed by atoms with Gasteiger partial charge in [0.15, 0.2) is 5.17 Å². The maximum absolute atomic E-state index is 5.30.